The highest BCUT2D eigenvalue weighted by atomic mass is 35.5. The van der Waals surface area contributed by atoms with Gasteiger partial charge in [0, 0.05) is 19.1 Å². The van der Waals surface area contributed by atoms with Crippen LogP contribution in [0, 0.1) is 0 Å². The molecule has 2 saturated carbocycles. The highest BCUT2D eigenvalue weighted by Crippen LogP contribution is 2.36. The molecule has 0 bridgehead atoms. The Morgan fingerprint density at radius 3 is 2.95 bits per heavy atom. The molecular weight excluding hydrogens is 284 g/mol. The number of halogens is 1. The summed E-state index contributed by atoms with van der Waals surface area (Å²) >= 11 is 6.57. The second-order valence-corrected chi connectivity index (χ2v) is 6.95. The van der Waals surface area contributed by atoms with Crippen LogP contribution in [0.1, 0.15) is 37.7 Å². The molecule has 1 aliphatic heterocycles. The summed E-state index contributed by atoms with van der Waals surface area (Å²) in [5, 5.41) is 4.43. The van der Waals surface area contributed by atoms with E-state index in [1.165, 1.54) is 43.4 Å². The van der Waals surface area contributed by atoms with E-state index in [1.807, 2.05) is 0 Å². The molecule has 4 rings (SSSR count). The van der Waals surface area contributed by atoms with Crippen LogP contribution in [0.4, 0.5) is 5.69 Å². The number of nitrogens with one attached hydrogen (secondary N) is 1. The summed E-state index contributed by atoms with van der Waals surface area (Å²) in [6.45, 7) is 2.71. The molecule has 2 unspecified atom stereocenters. The van der Waals surface area contributed by atoms with Gasteiger partial charge in [0.25, 0.3) is 0 Å². The molecule has 0 radical (unpaired) electrons. The second-order valence-electron chi connectivity index (χ2n) is 6.54. The number of benzene rings is 1. The summed E-state index contributed by atoms with van der Waals surface area (Å²) in [7, 11) is 0. The Hall–Kier alpha value is -0.770. The first-order valence-electron chi connectivity index (χ1n) is 8.21. The summed E-state index contributed by atoms with van der Waals surface area (Å²) < 4.78 is 5.89. The molecule has 2 aliphatic carbocycles. The van der Waals surface area contributed by atoms with E-state index in [1.54, 1.807) is 0 Å². The van der Waals surface area contributed by atoms with Gasteiger partial charge in [-0.1, -0.05) is 17.7 Å². The Balaban J connectivity index is 1.50. The minimum absolute atomic E-state index is 0.408. The molecule has 1 N–H and O–H groups in total. The number of ether oxygens (including phenoxy) is 1. The first-order valence-corrected chi connectivity index (χ1v) is 8.59. The van der Waals surface area contributed by atoms with Crippen molar-refractivity contribution in [3.63, 3.8) is 0 Å². The molecule has 0 spiro atoms. The maximum Gasteiger partial charge on any atom is 0.0779 e. The quantitative estimate of drug-likeness (QED) is 0.923. The summed E-state index contributed by atoms with van der Waals surface area (Å²) in [6, 6.07) is 7.81. The third-order valence-corrected chi connectivity index (χ3v) is 5.28. The van der Waals surface area contributed by atoms with Gasteiger partial charge in [0.2, 0.25) is 0 Å². The van der Waals surface area contributed by atoms with Crippen LogP contribution in [0.3, 0.4) is 0 Å². The van der Waals surface area contributed by atoms with Crippen molar-refractivity contribution in [2.24, 2.45) is 0 Å². The Morgan fingerprint density at radius 2 is 2.14 bits per heavy atom. The summed E-state index contributed by atoms with van der Waals surface area (Å²) in [5.74, 6) is 0. The van der Waals surface area contributed by atoms with Crippen molar-refractivity contribution < 1.29 is 4.74 Å². The molecule has 2 atom stereocenters. The zero-order chi connectivity index (χ0) is 14.2. The predicted molar refractivity (Wildman–Crippen MR) is 86.0 cm³/mol. The van der Waals surface area contributed by atoms with Crippen LogP contribution in [0.5, 0.6) is 0 Å². The Labute approximate surface area is 131 Å². The van der Waals surface area contributed by atoms with Crippen LogP contribution in [-0.4, -0.2) is 31.3 Å². The Morgan fingerprint density at radius 1 is 1.24 bits per heavy atom. The average molecular weight is 307 g/mol. The molecule has 1 saturated heterocycles. The number of hydrogen-bond acceptors (Lipinski definition) is 3. The standard InChI is InChI=1S/C17H23ClN2O/c18-14-10-12(11-19-13-5-6-13)4-7-15(14)20-8-9-21-17-3-1-2-16(17)20/h4,7,10,13,16-17,19H,1-3,5-6,8-9,11H2. The molecule has 21 heavy (non-hydrogen) atoms. The fraction of sp³-hybridized carbons (Fsp3) is 0.647. The highest BCUT2D eigenvalue weighted by molar-refractivity contribution is 6.33. The Kier molecular flexibility index (Phi) is 3.82. The predicted octanol–water partition coefficient (Wildman–Crippen LogP) is 3.35. The third-order valence-electron chi connectivity index (χ3n) is 4.98. The molecule has 3 nitrogen and oxygen atoms in total. The summed E-state index contributed by atoms with van der Waals surface area (Å²) in [5.41, 5.74) is 2.47. The van der Waals surface area contributed by atoms with Crippen molar-refractivity contribution >= 4 is 17.3 Å². The third kappa shape index (κ3) is 2.92. The van der Waals surface area contributed by atoms with Crippen LogP contribution >= 0.6 is 11.6 Å². The minimum Gasteiger partial charge on any atom is -0.374 e. The van der Waals surface area contributed by atoms with E-state index in [9.17, 15) is 0 Å². The first-order chi connectivity index (χ1) is 10.3. The summed E-state index contributed by atoms with van der Waals surface area (Å²) in [4.78, 5) is 2.47. The number of hydrogen-bond donors (Lipinski definition) is 1. The molecule has 114 valence electrons. The van der Waals surface area contributed by atoms with E-state index in [-0.39, 0.29) is 0 Å². The van der Waals surface area contributed by atoms with E-state index in [2.05, 4.69) is 28.4 Å². The zero-order valence-corrected chi connectivity index (χ0v) is 13.1. The molecule has 1 aromatic rings. The molecular formula is C17H23ClN2O. The molecule has 0 aromatic heterocycles. The molecule has 0 amide bonds. The van der Waals surface area contributed by atoms with Gasteiger partial charge < -0.3 is 15.0 Å². The highest BCUT2D eigenvalue weighted by Gasteiger charge is 2.36. The van der Waals surface area contributed by atoms with Crippen LogP contribution < -0.4 is 10.2 Å². The number of anilines is 1. The SMILES string of the molecule is Clc1cc(CNC2CC2)ccc1N1CCOC2CCCC21. The van der Waals surface area contributed by atoms with Crippen molar-refractivity contribution in [1.29, 1.82) is 0 Å². The topological polar surface area (TPSA) is 24.5 Å². The van der Waals surface area contributed by atoms with Gasteiger partial charge in [-0.3, -0.25) is 0 Å². The van der Waals surface area contributed by atoms with Gasteiger partial charge in [0.05, 0.1) is 29.5 Å². The number of rotatable bonds is 4. The smallest absolute Gasteiger partial charge is 0.0779 e. The van der Waals surface area contributed by atoms with Gasteiger partial charge in [-0.25, -0.2) is 0 Å². The van der Waals surface area contributed by atoms with Crippen LogP contribution in [0.2, 0.25) is 5.02 Å². The first kappa shape index (κ1) is 13.9. The lowest BCUT2D eigenvalue weighted by molar-refractivity contribution is 0.0256. The molecule has 1 heterocycles. The van der Waals surface area contributed by atoms with E-state index < -0.39 is 0 Å². The number of nitrogens with zero attached hydrogens (tertiary/aromatic N) is 1. The van der Waals surface area contributed by atoms with Crippen molar-refractivity contribution in [2.45, 2.75) is 56.8 Å². The lowest BCUT2D eigenvalue weighted by Gasteiger charge is -2.39. The van der Waals surface area contributed by atoms with E-state index >= 15 is 0 Å². The molecule has 4 heteroatoms. The lowest BCUT2D eigenvalue weighted by atomic mass is 10.1. The van der Waals surface area contributed by atoms with E-state index in [4.69, 9.17) is 16.3 Å². The zero-order valence-electron chi connectivity index (χ0n) is 12.4. The van der Waals surface area contributed by atoms with Gasteiger partial charge in [-0.05, 0) is 49.8 Å². The monoisotopic (exact) mass is 306 g/mol. The maximum absolute atomic E-state index is 6.57. The van der Waals surface area contributed by atoms with Crippen molar-refractivity contribution in [1.82, 2.24) is 5.32 Å². The van der Waals surface area contributed by atoms with Gasteiger partial charge in [-0.2, -0.15) is 0 Å². The van der Waals surface area contributed by atoms with Gasteiger partial charge in [0.1, 0.15) is 0 Å². The van der Waals surface area contributed by atoms with Gasteiger partial charge in [-0.15, -0.1) is 0 Å². The van der Waals surface area contributed by atoms with Crippen LogP contribution in [-0.2, 0) is 11.3 Å². The fourth-order valence-electron chi connectivity index (χ4n) is 3.67. The Bertz CT molecular complexity index is 518. The second kappa shape index (κ2) is 5.79. The van der Waals surface area contributed by atoms with Crippen molar-refractivity contribution in [3.05, 3.63) is 28.8 Å². The maximum atomic E-state index is 6.57. The van der Waals surface area contributed by atoms with E-state index in [0.29, 0.717) is 12.1 Å². The van der Waals surface area contributed by atoms with E-state index in [0.717, 1.165) is 30.8 Å². The minimum atomic E-state index is 0.408. The largest absolute Gasteiger partial charge is 0.374 e. The summed E-state index contributed by atoms with van der Waals surface area (Å²) in [6.07, 6.45) is 6.75. The normalized spacial score (nSPS) is 28.7. The molecule has 3 fully saturated rings. The molecule has 1 aromatic carbocycles. The van der Waals surface area contributed by atoms with Crippen LogP contribution in [0.15, 0.2) is 18.2 Å². The van der Waals surface area contributed by atoms with Crippen LogP contribution in [0.25, 0.3) is 0 Å². The number of fused-ring (bicyclic) bond motifs is 1. The average Bonchev–Trinajstić information content (AvgIpc) is 3.20. The van der Waals surface area contributed by atoms with Crippen molar-refractivity contribution in [2.75, 3.05) is 18.1 Å². The lowest BCUT2D eigenvalue weighted by Crippen LogP contribution is -2.48. The van der Waals surface area contributed by atoms with Crippen molar-refractivity contribution in [3.8, 4) is 0 Å². The number of morpholine rings is 1. The van der Waals surface area contributed by atoms with Gasteiger partial charge in [0.15, 0.2) is 0 Å². The fourth-order valence-corrected chi connectivity index (χ4v) is 3.98. The molecule has 3 aliphatic rings. The van der Waals surface area contributed by atoms with Gasteiger partial charge >= 0.3 is 0 Å².